The Labute approximate surface area is 116 Å². The highest BCUT2D eigenvalue weighted by atomic mass is 16.5. The van der Waals surface area contributed by atoms with Gasteiger partial charge in [0.1, 0.15) is 0 Å². The summed E-state index contributed by atoms with van der Waals surface area (Å²) in [4.78, 5) is 20.5. The molecule has 0 aliphatic carbocycles. The average Bonchev–Trinajstić information content (AvgIpc) is 2.53. The molecule has 104 valence electrons. The molecule has 20 heavy (non-hydrogen) atoms. The van der Waals surface area contributed by atoms with Gasteiger partial charge in [0.2, 0.25) is 11.7 Å². The normalized spacial score (nSPS) is 9.95. The molecule has 0 fully saturated rings. The summed E-state index contributed by atoms with van der Waals surface area (Å²) in [5.41, 5.74) is 0.465. The molecule has 0 N–H and O–H groups in total. The first-order valence-electron chi connectivity index (χ1n) is 5.83. The zero-order chi connectivity index (χ0) is 14.5. The second-order valence-electron chi connectivity index (χ2n) is 3.78. The maximum absolute atomic E-state index is 12.6. The maximum Gasteiger partial charge on any atom is 0.243 e. The van der Waals surface area contributed by atoms with Crippen LogP contribution in [-0.2, 0) is 0 Å². The summed E-state index contributed by atoms with van der Waals surface area (Å²) in [6.45, 7) is 0. The third kappa shape index (κ3) is 2.40. The van der Waals surface area contributed by atoms with Gasteiger partial charge >= 0.3 is 0 Å². The van der Waals surface area contributed by atoms with Gasteiger partial charge in [-0.25, -0.2) is 9.97 Å². The Hall–Kier alpha value is -2.63. The van der Waals surface area contributed by atoms with Gasteiger partial charge in [-0.1, -0.05) is 6.07 Å². The van der Waals surface area contributed by atoms with E-state index in [0.29, 0.717) is 17.1 Å². The summed E-state index contributed by atoms with van der Waals surface area (Å²) in [6, 6.07) is 5.05. The van der Waals surface area contributed by atoms with Crippen LogP contribution in [0.3, 0.4) is 0 Å². The Balaban J connectivity index is 2.54. The van der Waals surface area contributed by atoms with E-state index in [4.69, 9.17) is 14.2 Å². The summed E-state index contributed by atoms with van der Waals surface area (Å²) in [5.74, 6) is 0.655. The molecule has 1 aromatic heterocycles. The molecule has 6 nitrogen and oxygen atoms in total. The molecule has 6 heteroatoms. The number of para-hydroxylation sites is 1. The first-order valence-corrected chi connectivity index (χ1v) is 5.83. The van der Waals surface area contributed by atoms with E-state index >= 15 is 0 Å². The van der Waals surface area contributed by atoms with E-state index in [1.807, 2.05) is 0 Å². The predicted molar refractivity (Wildman–Crippen MR) is 71.6 cm³/mol. The third-order valence-corrected chi connectivity index (χ3v) is 2.72. The molecule has 2 rings (SSSR count). The van der Waals surface area contributed by atoms with Gasteiger partial charge in [0.25, 0.3) is 0 Å². The molecular formula is C14H14N2O4. The molecule has 1 aromatic carbocycles. The second-order valence-corrected chi connectivity index (χ2v) is 3.78. The van der Waals surface area contributed by atoms with Crippen molar-refractivity contribution in [2.45, 2.75) is 0 Å². The zero-order valence-electron chi connectivity index (χ0n) is 11.4. The lowest BCUT2D eigenvalue weighted by molar-refractivity contribution is 0.102. The highest BCUT2D eigenvalue weighted by Crippen LogP contribution is 2.32. The highest BCUT2D eigenvalue weighted by Gasteiger charge is 2.22. The van der Waals surface area contributed by atoms with Gasteiger partial charge in [-0.15, -0.1) is 0 Å². The fourth-order valence-electron chi connectivity index (χ4n) is 1.82. The van der Waals surface area contributed by atoms with Crippen molar-refractivity contribution in [2.75, 3.05) is 21.3 Å². The Morgan fingerprint density at radius 2 is 1.75 bits per heavy atom. The van der Waals surface area contributed by atoms with Crippen molar-refractivity contribution in [1.29, 1.82) is 0 Å². The molecule has 0 amide bonds. The quantitative estimate of drug-likeness (QED) is 0.773. The summed E-state index contributed by atoms with van der Waals surface area (Å²) < 4.78 is 15.5. The molecule has 0 aliphatic heterocycles. The fraction of sp³-hybridized carbons (Fsp3) is 0.214. The number of carbonyl (C=O) groups is 1. The van der Waals surface area contributed by atoms with E-state index in [2.05, 4.69) is 9.97 Å². The molecule has 0 bridgehead atoms. The SMILES string of the molecule is COc1cccc(C(=O)c2nccnc2OC)c1OC. The number of benzene rings is 1. The van der Waals surface area contributed by atoms with Crippen LogP contribution in [0.25, 0.3) is 0 Å². The van der Waals surface area contributed by atoms with Crippen molar-refractivity contribution in [2.24, 2.45) is 0 Å². The lowest BCUT2D eigenvalue weighted by atomic mass is 10.1. The molecule has 0 aliphatic rings. The van der Waals surface area contributed by atoms with Crippen LogP contribution in [0.4, 0.5) is 0 Å². The van der Waals surface area contributed by atoms with E-state index < -0.39 is 0 Å². The maximum atomic E-state index is 12.6. The number of ketones is 1. The number of aromatic nitrogens is 2. The molecule has 0 saturated carbocycles. The number of rotatable bonds is 5. The number of carbonyl (C=O) groups excluding carboxylic acids is 1. The first-order chi connectivity index (χ1) is 9.72. The largest absolute Gasteiger partial charge is 0.493 e. The van der Waals surface area contributed by atoms with Gasteiger partial charge in [-0.05, 0) is 12.1 Å². The molecule has 1 heterocycles. The third-order valence-electron chi connectivity index (χ3n) is 2.72. The van der Waals surface area contributed by atoms with Crippen molar-refractivity contribution in [1.82, 2.24) is 9.97 Å². The number of hydrogen-bond donors (Lipinski definition) is 0. The average molecular weight is 274 g/mol. The van der Waals surface area contributed by atoms with E-state index in [1.165, 1.54) is 33.7 Å². The number of ether oxygens (including phenoxy) is 3. The van der Waals surface area contributed by atoms with E-state index in [-0.39, 0.29) is 17.4 Å². The lowest BCUT2D eigenvalue weighted by Crippen LogP contribution is -2.09. The Morgan fingerprint density at radius 3 is 2.40 bits per heavy atom. The topological polar surface area (TPSA) is 70.5 Å². The minimum Gasteiger partial charge on any atom is -0.493 e. The van der Waals surface area contributed by atoms with Crippen LogP contribution in [0.2, 0.25) is 0 Å². The first kappa shape index (κ1) is 13.8. The van der Waals surface area contributed by atoms with Crippen LogP contribution >= 0.6 is 0 Å². The Kier molecular flexibility index (Phi) is 4.14. The van der Waals surface area contributed by atoms with E-state index in [1.54, 1.807) is 18.2 Å². The summed E-state index contributed by atoms with van der Waals surface area (Å²) in [6.07, 6.45) is 2.89. The van der Waals surface area contributed by atoms with Gasteiger partial charge < -0.3 is 14.2 Å². The number of nitrogens with zero attached hydrogens (tertiary/aromatic N) is 2. The van der Waals surface area contributed by atoms with Gasteiger partial charge in [0.15, 0.2) is 17.2 Å². The van der Waals surface area contributed by atoms with Crippen LogP contribution in [0.1, 0.15) is 16.1 Å². The molecule has 2 aromatic rings. The van der Waals surface area contributed by atoms with E-state index in [0.717, 1.165) is 0 Å². The van der Waals surface area contributed by atoms with Crippen molar-refractivity contribution in [3.05, 3.63) is 41.9 Å². The van der Waals surface area contributed by atoms with Gasteiger partial charge in [-0.3, -0.25) is 4.79 Å². The summed E-state index contributed by atoms with van der Waals surface area (Å²) in [7, 11) is 4.42. The Morgan fingerprint density at radius 1 is 1.00 bits per heavy atom. The van der Waals surface area contributed by atoms with Crippen LogP contribution in [0.15, 0.2) is 30.6 Å². The van der Waals surface area contributed by atoms with Gasteiger partial charge in [0.05, 0.1) is 26.9 Å². The van der Waals surface area contributed by atoms with Crippen LogP contribution in [0, 0.1) is 0 Å². The van der Waals surface area contributed by atoms with Crippen LogP contribution < -0.4 is 14.2 Å². The van der Waals surface area contributed by atoms with Crippen LogP contribution in [0.5, 0.6) is 17.4 Å². The van der Waals surface area contributed by atoms with Crippen LogP contribution in [-0.4, -0.2) is 37.1 Å². The molecule has 0 radical (unpaired) electrons. The minimum absolute atomic E-state index is 0.126. The van der Waals surface area contributed by atoms with Crippen molar-refractivity contribution >= 4 is 5.78 Å². The lowest BCUT2D eigenvalue weighted by Gasteiger charge is -2.12. The summed E-state index contributed by atoms with van der Waals surface area (Å²) >= 11 is 0. The second kappa shape index (κ2) is 6.01. The van der Waals surface area contributed by atoms with E-state index in [9.17, 15) is 4.79 Å². The number of methoxy groups -OCH3 is 3. The number of hydrogen-bond acceptors (Lipinski definition) is 6. The molecule has 0 spiro atoms. The predicted octanol–water partition coefficient (Wildman–Crippen LogP) is 1.73. The summed E-state index contributed by atoms with van der Waals surface area (Å²) in [5, 5.41) is 0. The smallest absolute Gasteiger partial charge is 0.243 e. The fourth-order valence-corrected chi connectivity index (χ4v) is 1.82. The Bertz CT molecular complexity index is 628. The minimum atomic E-state index is -0.342. The molecule has 0 saturated heterocycles. The highest BCUT2D eigenvalue weighted by molar-refractivity contribution is 6.11. The monoisotopic (exact) mass is 274 g/mol. The van der Waals surface area contributed by atoms with Gasteiger partial charge in [0, 0.05) is 12.4 Å². The standard InChI is InChI=1S/C14H14N2O4/c1-18-10-6-4-5-9(13(10)19-2)12(17)11-14(20-3)16-8-7-15-11/h4-8H,1-3H3. The molecule has 0 atom stereocenters. The van der Waals surface area contributed by atoms with Gasteiger partial charge in [-0.2, -0.15) is 0 Å². The zero-order valence-corrected chi connectivity index (χ0v) is 11.4. The van der Waals surface area contributed by atoms with Crippen molar-refractivity contribution in [3.63, 3.8) is 0 Å². The molecular weight excluding hydrogens is 260 g/mol. The van der Waals surface area contributed by atoms with Crippen molar-refractivity contribution < 1.29 is 19.0 Å². The van der Waals surface area contributed by atoms with Crippen molar-refractivity contribution in [3.8, 4) is 17.4 Å². The molecule has 0 unspecified atom stereocenters.